The zero-order chi connectivity index (χ0) is 19.1. The molecule has 3 rings (SSSR count). The molecule has 6 nitrogen and oxygen atoms in total. The first-order valence-electron chi connectivity index (χ1n) is 10.0. The summed E-state index contributed by atoms with van der Waals surface area (Å²) >= 11 is 6.47. The van der Waals surface area contributed by atoms with Crippen LogP contribution in [-0.2, 0) is 4.74 Å². The molecule has 2 unspecified atom stereocenters. The van der Waals surface area contributed by atoms with Gasteiger partial charge < -0.3 is 15.8 Å². The molecule has 2 aliphatic rings. The number of aliphatic imine (C=N–C) groups is 1. The van der Waals surface area contributed by atoms with Crippen molar-refractivity contribution in [2.75, 3.05) is 52.5 Å². The molecular weight excluding hydrogens is 489 g/mol. The van der Waals surface area contributed by atoms with Crippen molar-refractivity contribution in [3.05, 3.63) is 34.9 Å². The van der Waals surface area contributed by atoms with Crippen LogP contribution in [0.5, 0.6) is 0 Å². The highest BCUT2D eigenvalue weighted by Crippen LogP contribution is 2.28. The summed E-state index contributed by atoms with van der Waals surface area (Å²) in [7, 11) is 0. The van der Waals surface area contributed by atoms with Gasteiger partial charge in [0.15, 0.2) is 5.96 Å². The minimum absolute atomic E-state index is 0. The summed E-state index contributed by atoms with van der Waals surface area (Å²) in [4.78, 5) is 9.54. The number of nitrogens with zero attached hydrogens (tertiary/aromatic N) is 3. The smallest absolute Gasteiger partial charge is 0.188 e. The maximum atomic E-state index is 6.47. The summed E-state index contributed by atoms with van der Waals surface area (Å²) < 4.78 is 5.51. The van der Waals surface area contributed by atoms with Gasteiger partial charge in [-0.2, -0.15) is 0 Å². The van der Waals surface area contributed by atoms with E-state index in [1.54, 1.807) is 0 Å². The molecule has 2 saturated heterocycles. The first-order valence-corrected chi connectivity index (χ1v) is 10.4. The van der Waals surface area contributed by atoms with Crippen molar-refractivity contribution in [2.45, 2.75) is 31.8 Å². The second-order valence-electron chi connectivity index (χ2n) is 7.22. The third-order valence-electron chi connectivity index (χ3n) is 5.61. The van der Waals surface area contributed by atoms with Crippen molar-refractivity contribution in [3.8, 4) is 0 Å². The molecule has 2 aliphatic heterocycles. The van der Waals surface area contributed by atoms with Gasteiger partial charge in [-0.25, -0.2) is 0 Å². The number of halogens is 2. The molecule has 2 fully saturated rings. The van der Waals surface area contributed by atoms with E-state index >= 15 is 0 Å². The number of rotatable bonds is 7. The molecule has 1 aromatic rings. The van der Waals surface area contributed by atoms with E-state index in [0.717, 1.165) is 50.0 Å². The molecule has 158 valence electrons. The molecule has 0 bridgehead atoms. The summed E-state index contributed by atoms with van der Waals surface area (Å²) in [5.41, 5.74) is 7.28. The maximum absolute atomic E-state index is 6.47. The Morgan fingerprint density at radius 2 is 2.07 bits per heavy atom. The molecule has 0 spiro atoms. The van der Waals surface area contributed by atoms with E-state index < -0.39 is 0 Å². The molecule has 8 heteroatoms. The van der Waals surface area contributed by atoms with E-state index in [0.29, 0.717) is 18.5 Å². The Bertz CT molecular complexity index is 626. The number of likely N-dealkylation sites (tertiary alicyclic amines) is 1. The Morgan fingerprint density at radius 1 is 1.32 bits per heavy atom. The standard InChI is InChI=1S/C20H32ClN5O.HI/c1-2-25-9-5-6-16(25)14-23-20(22)24-15-19(26-10-12-27-13-11-26)17-7-3-4-8-18(17)21;/h3-4,7-8,16,19H,2,5-6,9-15H2,1H3,(H3,22,23,24);1H. The Labute approximate surface area is 190 Å². The second kappa shape index (κ2) is 12.2. The van der Waals surface area contributed by atoms with Gasteiger partial charge in [-0.15, -0.1) is 24.0 Å². The summed E-state index contributed by atoms with van der Waals surface area (Å²) in [6, 6.07) is 8.68. The average molecular weight is 522 g/mol. The molecular formula is C20H33ClIN5O. The van der Waals surface area contributed by atoms with Crippen LogP contribution in [0, 0.1) is 0 Å². The largest absolute Gasteiger partial charge is 0.379 e. The first kappa shape index (κ1) is 23.7. The monoisotopic (exact) mass is 521 g/mol. The SMILES string of the molecule is CCN1CCCC1CNC(N)=NCC(c1ccccc1Cl)N1CCOCC1.I. The van der Waals surface area contributed by atoms with Crippen LogP contribution in [0.3, 0.4) is 0 Å². The van der Waals surface area contributed by atoms with E-state index in [4.69, 9.17) is 22.1 Å². The maximum Gasteiger partial charge on any atom is 0.188 e. The second-order valence-corrected chi connectivity index (χ2v) is 7.62. The van der Waals surface area contributed by atoms with Crippen LogP contribution < -0.4 is 11.1 Å². The van der Waals surface area contributed by atoms with Gasteiger partial charge in [0, 0.05) is 30.7 Å². The summed E-state index contributed by atoms with van der Waals surface area (Å²) in [6.07, 6.45) is 2.49. The van der Waals surface area contributed by atoms with Crippen LogP contribution in [0.2, 0.25) is 5.02 Å². The van der Waals surface area contributed by atoms with Crippen molar-refractivity contribution in [1.82, 2.24) is 15.1 Å². The zero-order valence-electron chi connectivity index (χ0n) is 16.6. The van der Waals surface area contributed by atoms with Gasteiger partial charge in [0.2, 0.25) is 0 Å². The van der Waals surface area contributed by atoms with E-state index in [2.05, 4.69) is 33.1 Å². The van der Waals surface area contributed by atoms with E-state index in [1.165, 1.54) is 19.4 Å². The van der Waals surface area contributed by atoms with E-state index in [9.17, 15) is 0 Å². The van der Waals surface area contributed by atoms with Crippen molar-refractivity contribution in [1.29, 1.82) is 0 Å². The third kappa shape index (κ3) is 6.45. The summed E-state index contributed by atoms with van der Waals surface area (Å²) in [5.74, 6) is 0.517. The summed E-state index contributed by atoms with van der Waals surface area (Å²) in [6.45, 7) is 9.19. The Kier molecular flexibility index (Phi) is 10.3. The van der Waals surface area contributed by atoms with Crippen molar-refractivity contribution >= 4 is 41.5 Å². The van der Waals surface area contributed by atoms with Crippen molar-refractivity contribution < 1.29 is 4.74 Å². The van der Waals surface area contributed by atoms with E-state index in [-0.39, 0.29) is 30.0 Å². The fourth-order valence-electron chi connectivity index (χ4n) is 4.05. The normalized spacial score (nSPS) is 22.6. The number of benzene rings is 1. The average Bonchev–Trinajstić information content (AvgIpc) is 3.16. The first-order chi connectivity index (χ1) is 13.2. The third-order valence-corrected chi connectivity index (χ3v) is 5.95. The zero-order valence-corrected chi connectivity index (χ0v) is 19.7. The lowest BCUT2D eigenvalue weighted by Crippen LogP contribution is -2.43. The van der Waals surface area contributed by atoms with Crippen molar-refractivity contribution in [3.63, 3.8) is 0 Å². The van der Waals surface area contributed by atoms with Gasteiger partial charge in [0.25, 0.3) is 0 Å². The molecule has 0 aliphatic carbocycles. The number of ether oxygens (including phenoxy) is 1. The van der Waals surface area contributed by atoms with Crippen molar-refractivity contribution in [2.24, 2.45) is 10.7 Å². The van der Waals surface area contributed by atoms with Crippen LogP contribution >= 0.6 is 35.6 Å². The lowest BCUT2D eigenvalue weighted by atomic mass is 10.0. The van der Waals surface area contributed by atoms with Crippen LogP contribution in [0.4, 0.5) is 0 Å². The lowest BCUT2D eigenvalue weighted by molar-refractivity contribution is 0.0180. The van der Waals surface area contributed by atoms with Gasteiger partial charge in [0.1, 0.15) is 0 Å². The lowest BCUT2D eigenvalue weighted by Gasteiger charge is -2.34. The highest BCUT2D eigenvalue weighted by molar-refractivity contribution is 14.0. The molecule has 2 atom stereocenters. The summed E-state index contributed by atoms with van der Waals surface area (Å²) in [5, 5.41) is 4.10. The van der Waals surface area contributed by atoms with Crippen LogP contribution in [0.25, 0.3) is 0 Å². The number of morpholine rings is 1. The quantitative estimate of drug-likeness (QED) is 0.328. The predicted molar refractivity (Wildman–Crippen MR) is 127 cm³/mol. The van der Waals surface area contributed by atoms with E-state index in [1.807, 2.05) is 18.2 Å². The molecule has 0 saturated carbocycles. The predicted octanol–water partition coefficient (Wildman–Crippen LogP) is 2.72. The minimum atomic E-state index is 0. The molecule has 0 aromatic heterocycles. The molecule has 1 aromatic carbocycles. The van der Waals surface area contributed by atoms with Crippen LogP contribution in [0.1, 0.15) is 31.4 Å². The number of nitrogens with two attached hydrogens (primary N) is 1. The van der Waals surface area contributed by atoms with Crippen LogP contribution in [0.15, 0.2) is 29.3 Å². The van der Waals surface area contributed by atoms with Gasteiger partial charge in [0.05, 0.1) is 25.8 Å². The fourth-order valence-corrected chi connectivity index (χ4v) is 4.31. The topological polar surface area (TPSA) is 66.1 Å². The fraction of sp³-hybridized carbons (Fsp3) is 0.650. The molecule has 3 N–H and O–H groups in total. The number of hydrogen-bond acceptors (Lipinski definition) is 4. The highest BCUT2D eigenvalue weighted by atomic mass is 127. The molecule has 28 heavy (non-hydrogen) atoms. The number of hydrogen-bond donors (Lipinski definition) is 2. The molecule has 2 heterocycles. The Balaban J connectivity index is 0.00000280. The number of nitrogens with one attached hydrogen (secondary N) is 1. The number of guanidine groups is 1. The number of likely N-dealkylation sites (N-methyl/N-ethyl adjacent to an activating group) is 1. The minimum Gasteiger partial charge on any atom is -0.379 e. The Hall–Kier alpha value is -0.610. The van der Waals surface area contributed by atoms with Gasteiger partial charge in [-0.05, 0) is 37.6 Å². The van der Waals surface area contributed by atoms with Gasteiger partial charge in [-0.3, -0.25) is 14.8 Å². The Morgan fingerprint density at radius 3 is 2.79 bits per heavy atom. The van der Waals surface area contributed by atoms with Gasteiger partial charge >= 0.3 is 0 Å². The molecule has 0 radical (unpaired) electrons. The molecule has 0 amide bonds. The highest BCUT2D eigenvalue weighted by Gasteiger charge is 2.25. The van der Waals surface area contributed by atoms with Gasteiger partial charge in [-0.1, -0.05) is 36.7 Å². The van der Waals surface area contributed by atoms with Crippen LogP contribution in [-0.4, -0.2) is 74.3 Å².